The number of nitrogens with zero attached hydrogens (tertiary/aromatic N) is 2. The van der Waals surface area contributed by atoms with Crippen LogP contribution in [0.15, 0.2) is 24.4 Å². The SMILES string of the molecule is O=C1OCCC(CO)N1Cc1ccccn1. The van der Waals surface area contributed by atoms with Gasteiger partial charge in [0.2, 0.25) is 0 Å². The predicted molar refractivity (Wildman–Crippen MR) is 56.6 cm³/mol. The van der Waals surface area contributed by atoms with Gasteiger partial charge in [0.05, 0.1) is 31.5 Å². The molecule has 1 aliphatic rings. The van der Waals surface area contributed by atoms with Crippen LogP contribution in [-0.4, -0.2) is 40.3 Å². The third-order valence-corrected chi connectivity index (χ3v) is 2.62. The Morgan fingerprint density at radius 2 is 2.44 bits per heavy atom. The Bertz CT molecular complexity index is 356. The molecule has 1 aromatic heterocycles. The van der Waals surface area contributed by atoms with Crippen LogP contribution in [-0.2, 0) is 11.3 Å². The molecule has 5 nitrogen and oxygen atoms in total. The molecular weight excluding hydrogens is 208 g/mol. The van der Waals surface area contributed by atoms with Crippen molar-refractivity contribution in [1.29, 1.82) is 0 Å². The predicted octanol–water partition coefficient (Wildman–Crippen LogP) is 0.785. The zero-order valence-electron chi connectivity index (χ0n) is 8.87. The van der Waals surface area contributed by atoms with E-state index in [1.54, 1.807) is 6.20 Å². The topological polar surface area (TPSA) is 62.7 Å². The minimum atomic E-state index is -0.379. The van der Waals surface area contributed by atoms with Gasteiger partial charge in [-0.25, -0.2) is 4.79 Å². The van der Waals surface area contributed by atoms with Crippen LogP contribution in [0.25, 0.3) is 0 Å². The first-order valence-electron chi connectivity index (χ1n) is 5.25. The Kier molecular flexibility index (Phi) is 3.36. The Hall–Kier alpha value is -1.62. The van der Waals surface area contributed by atoms with Crippen LogP contribution in [0.2, 0.25) is 0 Å². The number of aliphatic hydroxyl groups excluding tert-OH is 1. The lowest BCUT2D eigenvalue weighted by molar-refractivity contribution is 0.0211. The summed E-state index contributed by atoms with van der Waals surface area (Å²) in [6, 6.07) is 5.37. The van der Waals surface area contributed by atoms with Gasteiger partial charge in [-0.05, 0) is 12.1 Å². The molecule has 1 amide bonds. The number of aromatic nitrogens is 1. The van der Waals surface area contributed by atoms with Crippen LogP contribution in [0.3, 0.4) is 0 Å². The van der Waals surface area contributed by atoms with Crippen molar-refractivity contribution in [3.05, 3.63) is 30.1 Å². The number of ether oxygens (including phenoxy) is 1. The summed E-state index contributed by atoms with van der Waals surface area (Å²) in [5.74, 6) is 0. The van der Waals surface area contributed by atoms with Crippen LogP contribution >= 0.6 is 0 Å². The lowest BCUT2D eigenvalue weighted by Crippen LogP contribution is -2.47. The number of rotatable bonds is 3. The molecule has 0 aliphatic carbocycles. The number of amides is 1. The number of pyridine rings is 1. The Morgan fingerprint density at radius 1 is 1.56 bits per heavy atom. The molecule has 0 radical (unpaired) electrons. The fraction of sp³-hybridized carbons (Fsp3) is 0.455. The molecule has 0 spiro atoms. The van der Waals surface area contributed by atoms with Crippen molar-refractivity contribution in [2.24, 2.45) is 0 Å². The standard InChI is InChI=1S/C11H14N2O3/c14-8-10-4-6-16-11(15)13(10)7-9-3-1-2-5-12-9/h1-3,5,10,14H,4,6-8H2. The molecule has 1 fully saturated rings. The van der Waals surface area contributed by atoms with Gasteiger partial charge in [0, 0.05) is 12.6 Å². The molecule has 2 heterocycles. The third kappa shape index (κ3) is 2.30. The fourth-order valence-corrected chi connectivity index (χ4v) is 1.72. The summed E-state index contributed by atoms with van der Waals surface area (Å²) in [6.45, 7) is 0.718. The zero-order chi connectivity index (χ0) is 11.4. The number of cyclic esters (lactones) is 1. The second-order valence-corrected chi connectivity index (χ2v) is 3.69. The van der Waals surface area contributed by atoms with Crippen molar-refractivity contribution < 1.29 is 14.6 Å². The van der Waals surface area contributed by atoms with Gasteiger partial charge in [-0.1, -0.05) is 6.07 Å². The highest BCUT2D eigenvalue weighted by atomic mass is 16.6. The number of hydrogen-bond acceptors (Lipinski definition) is 4. The molecule has 2 rings (SSSR count). The third-order valence-electron chi connectivity index (χ3n) is 2.62. The van der Waals surface area contributed by atoms with Crippen LogP contribution in [0.4, 0.5) is 4.79 Å². The number of aliphatic hydroxyl groups is 1. The quantitative estimate of drug-likeness (QED) is 0.821. The summed E-state index contributed by atoms with van der Waals surface area (Å²) in [5.41, 5.74) is 0.791. The van der Waals surface area contributed by atoms with Crippen molar-refractivity contribution in [3.8, 4) is 0 Å². The zero-order valence-corrected chi connectivity index (χ0v) is 8.87. The number of carbonyl (C=O) groups excluding carboxylic acids is 1. The molecule has 16 heavy (non-hydrogen) atoms. The molecule has 5 heteroatoms. The summed E-state index contributed by atoms with van der Waals surface area (Å²) in [4.78, 5) is 17.2. The minimum Gasteiger partial charge on any atom is -0.449 e. The van der Waals surface area contributed by atoms with E-state index in [0.29, 0.717) is 19.6 Å². The molecule has 1 atom stereocenters. The number of carbonyl (C=O) groups is 1. The molecule has 1 saturated heterocycles. The lowest BCUT2D eigenvalue weighted by atomic mass is 10.1. The van der Waals surface area contributed by atoms with Gasteiger partial charge in [0.25, 0.3) is 0 Å². The normalized spacial score (nSPS) is 20.7. The first-order valence-corrected chi connectivity index (χ1v) is 5.25. The fourth-order valence-electron chi connectivity index (χ4n) is 1.72. The van der Waals surface area contributed by atoms with E-state index < -0.39 is 0 Å². The molecule has 0 bridgehead atoms. The minimum absolute atomic E-state index is 0.0397. The van der Waals surface area contributed by atoms with Gasteiger partial charge in [0.1, 0.15) is 0 Å². The number of hydrogen-bond donors (Lipinski definition) is 1. The summed E-state index contributed by atoms with van der Waals surface area (Å²) in [6.07, 6.45) is 1.96. The highest BCUT2D eigenvalue weighted by molar-refractivity contribution is 5.68. The van der Waals surface area contributed by atoms with Crippen molar-refractivity contribution in [2.45, 2.75) is 19.0 Å². The van der Waals surface area contributed by atoms with Gasteiger partial charge in [-0.15, -0.1) is 0 Å². The highest BCUT2D eigenvalue weighted by Gasteiger charge is 2.29. The molecule has 1 unspecified atom stereocenters. The smallest absolute Gasteiger partial charge is 0.410 e. The van der Waals surface area contributed by atoms with E-state index >= 15 is 0 Å². The van der Waals surface area contributed by atoms with Crippen molar-refractivity contribution in [1.82, 2.24) is 9.88 Å². The Morgan fingerprint density at radius 3 is 3.12 bits per heavy atom. The maximum Gasteiger partial charge on any atom is 0.410 e. The molecule has 86 valence electrons. The monoisotopic (exact) mass is 222 g/mol. The Balaban J connectivity index is 2.08. The van der Waals surface area contributed by atoms with E-state index in [1.807, 2.05) is 18.2 Å². The Labute approximate surface area is 93.7 Å². The van der Waals surface area contributed by atoms with Gasteiger partial charge >= 0.3 is 6.09 Å². The van der Waals surface area contributed by atoms with Crippen molar-refractivity contribution in [3.63, 3.8) is 0 Å². The van der Waals surface area contributed by atoms with Gasteiger partial charge in [0.15, 0.2) is 0 Å². The second kappa shape index (κ2) is 4.94. The molecule has 0 saturated carbocycles. The van der Waals surface area contributed by atoms with Crippen LogP contribution < -0.4 is 0 Å². The summed E-state index contributed by atoms with van der Waals surface area (Å²) >= 11 is 0. The average Bonchev–Trinajstić information content (AvgIpc) is 2.33. The molecular formula is C11H14N2O3. The molecule has 1 aromatic rings. The average molecular weight is 222 g/mol. The van der Waals surface area contributed by atoms with Crippen LogP contribution in [0.5, 0.6) is 0 Å². The van der Waals surface area contributed by atoms with E-state index in [1.165, 1.54) is 4.90 Å². The maximum atomic E-state index is 11.5. The summed E-state index contributed by atoms with van der Waals surface area (Å²) in [7, 11) is 0. The van der Waals surface area contributed by atoms with Crippen LogP contribution in [0.1, 0.15) is 12.1 Å². The lowest BCUT2D eigenvalue weighted by Gasteiger charge is -2.33. The van der Waals surface area contributed by atoms with Crippen LogP contribution in [0, 0.1) is 0 Å². The van der Waals surface area contributed by atoms with Crippen molar-refractivity contribution in [2.75, 3.05) is 13.2 Å². The maximum absolute atomic E-state index is 11.5. The summed E-state index contributed by atoms with van der Waals surface area (Å²) < 4.78 is 4.94. The van der Waals surface area contributed by atoms with Gasteiger partial charge < -0.3 is 9.84 Å². The van der Waals surface area contributed by atoms with E-state index in [9.17, 15) is 9.90 Å². The molecule has 0 aromatic carbocycles. The highest BCUT2D eigenvalue weighted by Crippen LogP contribution is 2.15. The van der Waals surface area contributed by atoms with Gasteiger partial charge in [-0.3, -0.25) is 9.88 Å². The largest absolute Gasteiger partial charge is 0.449 e. The van der Waals surface area contributed by atoms with E-state index in [4.69, 9.17) is 4.74 Å². The second-order valence-electron chi connectivity index (χ2n) is 3.69. The van der Waals surface area contributed by atoms with Gasteiger partial charge in [-0.2, -0.15) is 0 Å². The molecule has 1 N–H and O–H groups in total. The van der Waals surface area contributed by atoms with E-state index in [2.05, 4.69) is 4.98 Å². The van der Waals surface area contributed by atoms with E-state index in [0.717, 1.165) is 5.69 Å². The van der Waals surface area contributed by atoms with Crippen molar-refractivity contribution >= 4 is 6.09 Å². The first-order chi connectivity index (χ1) is 7.81. The summed E-state index contributed by atoms with van der Waals surface area (Å²) in [5, 5.41) is 9.19. The van der Waals surface area contributed by atoms with E-state index in [-0.39, 0.29) is 18.7 Å². The molecule has 1 aliphatic heterocycles. The first kappa shape index (κ1) is 10.9.